The van der Waals surface area contributed by atoms with Gasteiger partial charge in [-0.1, -0.05) is 19.9 Å². The molecule has 0 fully saturated rings. The van der Waals surface area contributed by atoms with Gasteiger partial charge in [0.1, 0.15) is 5.82 Å². The summed E-state index contributed by atoms with van der Waals surface area (Å²) in [6.07, 6.45) is 0. The number of aromatic nitrogens is 1. The summed E-state index contributed by atoms with van der Waals surface area (Å²) < 4.78 is 14.2. The zero-order chi connectivity index (χ0) is 15.4. The summed E-state index contributed by atoms with van der Waals surface area (Å²) >= 11 is 1.62. The van der Waals surface area contributed by atoms with Crippen molar-refractivity contribution in [1.29, 1.82) is 0 Å². The lowest BCUT2D eigenvalue weighted by Gasteiger charge is -2.19. The molecule has 2 aromatic rings. The van der Waals surface area contributed by atoms with E-state index in [0.717, 1.165) is 16.3 Å². The SMILES string of the molecule is Cc1nc(CN(C)c2ccc(CNC(C)C)cc2F)cs1. The summed E-state index contributed by atoms with van der Waals surface area (Å²) in [6, 6.07) is 5.80. The van der Waals surface area contributed by atoms with E-state index in [1.165, 1.54) is 0 Å². The van der Waals surface area contributed by atoms with Gasteiger partial charge in [0.2, 0.25) is 0 Å². The Morgan fingerprint density at radius 2 is 2.14 bits per heavy atom. The fourth-order valence-corrected chi connectivity index (χ4v) is 2.70. The highest BCUT2D eigenvalue weighted by atomic mass is 32.1. The van der Waals surface area contributed by atoms with Crippen molar-refractivity contribution in [2.75, 3.05) is 11.9 Å². The molecule has 5 heteroatoms. The fraction of sp³-hybridized carbons (Fsp3) is 0.438. The average Bonchev–Trinajstić information content (AvgIpc) is 2.81. The largest absolute Gasteiger partial charge is 0.366 e. The third kappa shape index (κ3) is 4.51. The molecule has 1 aromatic carbocycles. The fourth-order valence-electron chi connectivity index (χ4n) is 2.10. The number of anilines is 1. The Labute approximate surface area is 129 Å². The summed E-state index contributed by atoms with van der Waals surface area (Å²) in [4.78, 5) is 6.31. The summed E-state index contributed by atoms with van der Waals surface area (Å²) in [6.45, 7) is 7.43. The van der Waals surface area contributed by atoms with Gasteiger partial charge in [-0.2, -0.15) is 0 Å². The van der Waals surface area contributed by atoms with Crippen molar-refractivity contribution < 1.29 is 4.39 Å². The van der Waals surface area contributed by atoms with Gasteiger partial charge in [0.25, 0.3) is 0 Å². The Balaban J connectivity index is 2.05. The molecule has 1 N–H and O–H groups in total. The zero-order valence-corrected chi connectivity index (χ0v) is 13.8. The van der Waals surface area contributed by atoms with E-state index in [9.17, 15) is 4.39 Å². The molecule has 0 aliphatic heterocycles. The molecule has 0 unspecified atom stereocenters. The van der Waals surface area contributed by atoms with Crippen molar-refractivity contribution in [3.05, 3.63) is 45.7 Å². The topological polar surface area (TPSA) is 28.2 Å². The second kappa shape index (κ2) is 7.00. The number of aryl methyl sites for hydroxylation is 1. The van der Waals surface area contributed by atoms with Gasteiger partial charge in [-0.05, 0) is 24.6 Å². The maximum absolute atomic E-state index is 14.2. The van der Waals surface area contributed by atoms with E-state index in [2.05, 4.69) is 24.1 Å². The van der Waals surface area contributed by atoms with Crippen LogP contribution in [-0.2, 0) is 13.1 Å². The molecule has 0 atom stereocenters. The van der Waals surface area contributed by atoms with Crippen LogP contribution in [0.5, 0.6) is 0 Å². The Morgan fingerprint density at radius 1 is 1.38 bits per heavy atom. The first-order valence-corrected chi connectivity index (χ1v) is 7.97. The summed E-state index contributed by atoms with van der Waals surface area (Å²) in [5.74, 6) is -0.187. The first-order chi connectivity index (χ1) is 9.95. The standard InChI is InChI=1S/C16H22FN3S/c1-11(2)18-8-13-5-6-16(15(17)7-13)20(4)9-14-10-21-12(3)19-14/h5-7,10-11,18H,8-9H2,1-4H3. The highest BCUT2D eigenvalue weighted by Crippen LogP contribution is 2.21. The molecule has 114 valence electrons. The Morgan fingerprint density at radius 3 is 2.71 bits per heavy atom. The number of nitrogens with zero attached hydrogens (tertiary/aromatic N) is 2. The lowest BCUT2D eigenvalue weighted by molar-refractivity contribution is 0.580. The molecule has 0 saturated carbocycles. The van der Waals surface area contributed by atoms with E-state index in [1.54, 1.807) is 17.4 Å². The highest BCUT2D eigenvalue weighted by Gasteiger charge is 2.10. The van der Waals surface area contributed by atoms with Gasteiger partial charge in [-0.3, -0.25) is 0 Å². The zero-order valence-electron chi connectivity index (χ0n) is 13.0. The van der Waals surface area contributed by atoms with E-state index < -0.39 is 0 Å². The highest BCUT2D eigenvalue weighted by molar-refractivity contribution is 7.09. The molecule has 0 aliphatic carbocycles. The van der Waals surface area contributed by atoms with Gasteiger partial charge in [0.15, 0.2) is 0 Å². The molecule has 0 aliphatic rings. The summed E-state index contributed by atoms with van der Waals surface area (Å²) in [5, 5.41) is 6.35. The van der Waals surface area contributed by atoms with E-state index >= 15 is 0 Å². The normalized spacial score (nSPS) is 11.1. The molecule has 3 nitrogen and oxygen atoms in total. The van der Waals surface area contributed by atoms with E-state index in [1.807, 2.05) is 36.4 Å². The van der Waals surface area contributed by atoms with Crippen molar-refractivity contribution >= 4 is 17.0 Å². The second-order valence-electron chi connectivity index (χ2n) is 5.54. The Kier molecular flexibility index (Phi) is 5.31. The number of benzene rings is 1. The number of rotatable bonds is 6. The molecule has 2 rings (SSSR count). The van der Waals surface area contributed by atoms with Crippen LogP contribution in [0.1, 0.15) is 30.1 Å². The minimum atomic E-state index is -0.187. The molecular weight excluding hydrogens is 285 g/mol. The molecule has 1 aromatic heterocycles. The van der Waals surface area contributed by atoms with Gasteiger partial charge in [-0.15, -0.1) is 11.3 Å². The van der Waals surface area contributed by atoms with E-state index in [4.69, 9.17) is 0 Å². The minimum Gasteiger partial charge on any atom is -0.366 e. The molecule has 0 radical (unpaired) electrons. The van der Waals surface area contributed by atoms with Crippen LogP contribution < -0.4 is 10.2 Å². The molecule has 0 spiro atoms. The van der Waals surface area contributed by atoms with Crippen molar-refractivity contribution in [2.24, 2.45) is 0 Å². The predicted molar refractivity (Wildman–Crippen MR) is 87.3 cm³/mol. The van der Waals surface area contributed by atoms with Gasteiger partial charge in [0.05, 0.1) is 22.9 Å². The average molecular weight is 307 g/mol. The molecule has 0 amide bonds. The van der Waals surface area contributed by atoms with E-state index in [0.29, 0.717) is 24.8 Å². The quantitative estimate of drug-likeness (QED) is 0.881. The summed E-state index contributed by atoms with van der Waals surface area (Å²) in [5.41, 5.74) is 2.54. The number of nitrogens with one attached hydrogen (secondary N) is 1. The number of hydrogen-bond acceptors (Lipinski definition) is 4. The predicted octanol–water partition coefficient (Wildman–Crippen LogP) is 3.73. The maximum atomic E-state index is 14.2. The van der Waals surface area contributed by atoms with Crippen molar-refractivity contribution in [1.82, 2.24) is 10.3 Å². The first kappa shape index (κ1) is 15.9. The van der Waals surface area contributed by atoms with Crippen LogP contribution in [-0.4, -0.2) is 18.1 Å². The number of hydrogen-bond donors (Lipinski definition) is 1. The van der Waals surface area contributed by atoms with Crippen LogP contribution in [0.4, 0.5) is 10.1 Å². The lowest BCUT2D eigenvalue weighted by atomic mass is 10.1. The Bertz CT molecular complexity index is 595. The Hall–Kier alpha value is -1.46. The van der Waals surface area contributed by atoms with Crippen molar-refractivity contribution in [3.63, 3.8) is 0 Å². The second-order valence-corrected chi connectivity index (χ2v) is 6.60. The van der Waals surface area contributed by atoms with Gasteiger partial charge in [-0.25, -0.2) is 9.37 Å². The number of thiazole rings is 1. The third-order valence-electron chi connectivity index (χ3n) is 3.20. The molecule has 0 saturated heterocycles. The van der Waals surface area contributed by atoms with Gasteiger partial charge < -0.3 is 10.2 Å². The van der Waals surface area contributed by atoms with Gasteiger partial charge in [0, 0.05) is 25.0 Å². The third-order valence-corrected chi connectivity index (χ3v) is 4.03. The lowest BCUT2D eigenvalue weighted by Crippen LogP contribution is -2.22. The van der Waals surface area contributed by atoms with Gasteiger partial charge >= 0.3 is 0 Å². The smallest absolute Gasteiger partial charge is 0.146 e. The molecule has 1 heterocycles. The van der Waals surface area contributed by atoms with Crippen LogP contribution in [0.3, 0.4) is 0 Å². The van der Waals surface area contributed by atoms with Crippen LogP contribution in [0.15, 0.2) is 23.6 Å². The van der Waals surface area contributed by atoms with Crippen LogP contribution in [0, 0.1) is 12.7 Å². The molecule has 0 bridgehead atoms. The van der Waals surface area contributed by atoms with E-state index in [-0.39, 0.29) is 5.82 Å². The summed E-state index contributed by atoms with van der Waals surface area (Å²) in [7, 11) is 1.89. The molecular formula is C16H22FN3S. The van der Waals surface area contributed by atoms with Crippen molar-refractivity contribution in [2.45, 2.75) is 39.9 Å². The number of halogens is 1. The van der Waals surface area contributed by atoms with Crippen LogP contribution in [0.2, 0.25) is 0 Å². The molecule has 21 heavy (non-hydrogen) atoms. The first-order valence-electron chi connectivity index (χ1n) is 7.09. The maximum Gasteiger partial charge on any atom is 0.146 e. The van der Waals surface area contributed by atoms with Crippen molar-refractivity contribution in [3.8, 4) is 0 Å². The monoisotopic (exact) mass is 307 g/mol. The minimum absolute atomic E-state index is 0.187. The van der Waals surface area contributed by atoms with Crippen LogP contribution >= 0.6 is 11.3 Å². The van der Waals surface area contributed by atoms with Crippen LogP contribution in [0.25, 0.3) is 0 Å².